The van der Waals surface area contributed by atoms with E-state index in [4.69, 9.17) is 9.90 Å². The minimum atomic E-state index is -0.0370. The summed E-state index contributed by atoms with van der Waals surface area (Å²) in [5.74, 6) is 0. The second-order valence-electron chi connectivity index (χ2n) is 2.47. The monoisotopic (exact) mass is 160 g/mol. The third-order valence-corrected chi connectivity index (χ3v) is 1.24. The molecule has 2 nitrogen and oxygen atoms in total. The largest absolute Gasteiger partial charge is 0.393 e. The Labute approximate surface area is 69.6 Å². The van der Waals surface area contributed by atoms with Crippen LogP contribution in [0.15, 0.2) is 0 Å². The van der Waals surface area contributed by atoms with Crippen LogP contribution in [-0.4, -0.2) is 17.5 Å². The number of hydrogen-bond acceptors (Lipinski definition) is 2. The Balaban J connectivity index is 0. The van der Waals surface area contributed by atoms with E-state index >= 15 is 0 Å². The maximum atomic E-state index is 9.05. The molecule has 0 atom stereocenters. The molecule has 0 unspecified atom stereocenters. The first kappa shape index (κ1) is 13.2. The van der Waals surface area contributed by atoms with E-state index < -0.39 is 0 Å². The summed E-state index contributed by atoms with van der Waals surface area (Å²) < 4.78 is 0. The van der Waals surface area contributed by atoms with Crippen molar-refractivity contribution in [3.8, 4) is 0 Å². The van der Waals surface area contributed by atoms with Crippen LogP contribution < -0.4 is 0 Å². The highest BCUT2D eigenvalue weighted by Crippen LogP contribution is 2.02. The van der Waals surface area contributed by atoms with Gasteiger partial charge in [0.1, 0.15) is 6.29 Å². The minimum absolute atomic E-state index is 0.0370. The van der Waals surface area contributed by atoms with Gasteiger partial charge in [0.25, 0.3) is 0 Å². The minimum Gasteiger partial charge on any atom is -0.393 e. The normalized spacial score (nSPS) is 8.82. The highest BCUT2D eigenvalue weighted by atomic mass is 16.3. The molecule has 0 aromatic carbocycles. The molecule has 0 amide bonds. The van der Waals surface area contributed by atoms with Crippen LogP contribution in [0.3, 0.4) is 0 Å². The number of aliphatic hydroxyl groups excluding tert-OH is 1. The fraction of sp³-hybridized carbons (Fsp3) is 0.889. The summed E-state index contributed by atoms with van der Waals surface area (Å²) in [6, 6.07) is 0. The number of carbonyl (C=O) groups is 1. The molecule has 0 saturated heterocycles. The molecule has 1 N–H and O–H groups in total. The van der Waals surface area contributed by atoms with Crippen molar-refractivity contribution in [1.29, 1.82) is 0 Å². The Morgan fingerprint density at radius 3 is 1.73 bits per heavy atom. The van der Waals surface area contributed by atoms with Gasteiger partial charge in [0.15, 0.2) is 0 Å². The van der Waals surface area contributed by atoms with E-state index in [1.807, 2.05) is 0 Å². The number of rotatable bonds is 4. The molecule has 0 radical (unpaired) electrons. The summed E-state index contributed by atoms with van der Waals surface area (Å²) in [5, 5.41) is 9.05. The first-order valence-electron chi connectivity index (χ1n) is 4.30. The molecule has 0 heterocycles. The van der Waals surface area contributed by atoms with Gasteiger partial charge in [-0.05, 0) is 19.8 Å². The lowest BCUT2D eigenvalue weighted by Gasteiger charge is -2.04. The third kappa shape index (κ3) is 17.7. The molecule has 0 fully saturated rings. The molecule has 0 saturated carbocycles. The molecule has 0 aliphatic carbocycles. The summed E-state index contributed by atoms with van der Waals surface area (Å²) in [7, 11) is 0. The zero-order chi connectivity index (χ0) is 9.11. The fourth-order valence-corrected chi connectivity index (χ4v) is 0.811. The predicted octanol–water partition coefficient (Wildman–Crippen LogP) is 2.15. The Morgan fingerprint density at radius 1 is 1.27 bits per heavy atom. The smallest absolute Gasteiger partial charge is 0.116 e. The number of carbonyl (C=O) groups excluding carboxylic acids is 1. The van der Waals surface area contributed by atoms with Crippen molar-refractivity contribution in [2.45, 2.75) is 52.6 Å². The SMILES string of the molecule is CC=O.CCCC(O)CCC. The predicted molar refractivity (Wildman–Crippen MR) is 47.6 cm³/mol. The maximum absolute atomic E-state index is 9.05. The highest BCUT2D eigenvalue weighted by Gasteiger charge is 1.97. The van der Waals surface area contributed by atoms with E-state index in [1.54, 1.807) is 0 Å². The summed E-state index contributed by atoms with van der Waals surface area (Å²) in [4.78, 5) is 8.81. The quantitative estimate of drug-likeness (QED) is 0.640. The van der Waals surface area contributed by atoms with E-state index in [1.165, 1.54) is 6.92 Å². The molecule has 0 aromatic rings. The zero-order valence-corrected chi connectivity index (χ0v) is 7.84. The lowest BCUT2D eigenvalue weighted by molar-refractivity contribution is -0.106. The molecular formula is C9H20O2. The van der Waals surface area contributed by atoms with Crippen molar-refractivity contribution < 1.29 is 9.90 Å². The van der Waals surface area contributed by atoms with Gasteiger partial charge in [-0.25, -0.2) is 0 Å². The van der Waals surface area contributed by atoms with Gasteiger partial charge in [0, 0.05) is 0 Å². The van der Waals surface area contributed by atoms with Crippen LogP contribution in [-0.2, 0) is 4.79 Å². The number of aliphatic hydroxyl groups is 1. The van der Waals surface area contributed by atoms with Crippen LogP contribution in [0.5, 0.6) is 0 Å². The van der Waals surface area contributed by atoms with E-state index in [0.717, 1.165) is 32.0 Å². The van der Waals surface area contributed by atoms with Gasteiger partial charge in [0.05, 0.1) is 6.10 Å². The van der Waals surface area contributed by atoms with Crippen LogP contribution in [0.4, 0.5) is 0 Å². The molecule has 0 aromatic heterocycles. The molecule has 68 valence electrons. The maximum Gasteiger partial charge on any atom is 0.116 e. The Hall–Kier alpha value is -0.370. The highest BCUT2D eigenvalue weighted by molar-refractivity contribution is 5.44. The summed E-state index contributed by atoms with van der Waals surface area (Å²) >= 11 is 0. The molecule has 11 heavy (non-hydrogen) atoms. The van der Waals surface area contributed by atoms with Crippen molar-refractivity contribution >= 4 is 6.29 Å². The molecule has 0 spiro atoms. The summed E-state index contributed by atoms with van der Waals surface area (Å²) in [5.41, 5.74) is 0. The van der Waals surface area contributed by atoms with Crippen molar-refractivity contribution in [1.82, 2.24) is 0 Å². The summed E-state index contributed by atoms with van der Waals surface area (Å²) in [6.45, 7) is 5.64. The van der Waals surface area contributed by atoms with Crippen LogP contribution in [0.25, 0.3) is 0 Å². The number of aldehydes is 1. The zero-order valence-electron chi connectivity index (χ0n) is 7.84. The second-order valence-corrected chi connectivity index (χ2v) is 2.47. The Bertz CT molecular complexity index is 66.0. The van der Waals surface area contributed by atoms with E-state index in [0.29, 0.717) is 0 Å². The molecule has 2 heteroatoms. The topological polar surface area (TPSA) is 37.3 Å². The van der Waals surface area contributed by atoms with Crippen molar-refractivity contribution in [3.63, 3.8) is 0 Å². The van der Waals surface area contributed by atoms with E-state index in [2.05, 4.69) is 13.8 Å². The van der Waals surface area contributed by atoms with Crippen LogP contribution in [0, 0.1) is 0 Å². The third-order valence-electron chi connectivity index (χ3n) is 1.24. The first-order chi connectivity index (χ1) is 5.22. The molecule has 0 aliphatic rings. The van der Waals surface area contributed by atoms with E-state index in [-0.39, 0.29) is 6.10 Å². The average molecular weight is 160 g/mol. The van der Waals surface area contributed by atoms with Crippen molar-refractivity contribution in [2.75, 3.05) is 0 Å². The van der Waals surface area contributed by atoms with Gasteiger partial charge < -0.3 is 9.90 Å². The average Bonchev–Trinajstić information content (AvgIpc) is 1.90. The number of hydrogen-bond donors (Lipinski definition) is 1. The van der Waals surface area contributed by atoms with Crippen LogP contribution in [0.1, 0.15) is 46.5 Å². The fourth-order valence-electron chi connectivity index (χ4n) is 0.811. The molecule has 0 rings (SSSR count). The van der Waals surface area contributed by atoms with Crippen molar-refractivity contribution in [2.24, 2.45) is 0 Å². The molecular weight excluding hydrogens is 140 g/mol. The van der Waals surface area contributed by atoms with Gasteiger partial charge >= 0.3 is 0 Å². The molecule has 0 aliphatic heterocycles. The lowest BCUT2D eigenvalue weighted by atomic mass is 10.1. The lowest BCUT2D eigenvalue weighted by Crippen LogP contribution is -2.03. The van der Waals surface area contributed by atoms with Crippen molar-refractivity contribution in [3.05, 3.63) is 0 Å². The van der Waals surface area contributed by atoms with E-state index in [9.17, 15) is 0 Å². The Morgan fingerprint density at radius 2 is 1.55 bits per heavy atom. The van der Waals surface area contributed by atoms with Gasteiger partial charge in [-0.3, -0.25) is 0 Å². The van der Waals surface area contributed by atoms with Crippen LogP contribution >= 0.6 is 0 Å². The van der Waals surface area contributed by atoms with Gasteiger partial charge in [-0.1, -0.05) is 26.7 Å². The van der Waals surface area contributed by atoms with Gasteiger partial charge in [-0.2, -0.15) is 0 Å². The van der Waals surface area contributed by atoms with Crippen LogP contribution in [0.2, 0.25) is 0 Å². The first-order valence-corrected chi connectivity index (χ1v) is 4.30. The standard InChI is InChI=1S/C7H16O.C2H4O/c1-3-5-7(8)6-4-2;1-2-3/h7-8H,3-6H2,1-2H3;2H,1H3. The van der Waals surface area contributed by atoms with Gasteiger partial charge in [-0.15, -0.1) is 0 Å². The Kier molecular flexibility index (Phi) is 14.8. The summed E-state index contributed by atoms with van der Waals surface area (Å²) in [6.07, 6.45) is 4.84. The van der Waals surface area contributed by atoms with Gasteiger partial charge in [0.2, 0.25) is 0 Å². The molecule has 0 bridgehead atoms. The second kappa shape index (κ2) is 12.3.